The molecule has 5 heteroatoms. The zero-order valence-electron chi connectivity index (χ0n) is 17.5. The minimum Gasteiger partial charge on any atom is -0.347 e. The maximum atomic E-state index is 13.6. The number of benzene rings is 2. The molecule has 0 saturated carbocycles. The molecule has 0 radical (unpaired) electrons. The second-order valence-electron chi connectivity index (χ2n) is 8.29. The molecule has 0 unspecified atom stereocenters. The van der Waals surface area contributed by atoms with Crippen molar-refractivity contribution in [1.82, 2.24) is 9.88 Å². The van der Waals surface area contributed by atoms with Gasteiger partial charge < -0.3 is 14.4 Å². The zero-order valence-corrected chi connectivity index (χ0v) is 17.5. The Kier molecular flexibility index (Phi) is 4.80. The number of carbonyl (C=O) groups is 1. The summed E-state index contributed by atoms with van der Waals surface area (Å²) in [5.74, 6) is -0.436. The van der Waals surface area contributed by atoms with Gasteiger partial charge in [0.2, 0.25) is 0 Å². The van der Waals surface area contributed by atoms with Crippen molar-refractivity contribution >= 4 is 16.8 Å². The van der Waals surface area contributed by atoms with Crippen LogP contribution < -0.4 is 0 Å². The first-order chi connectivity index (χ1) is 14.5. The molecule has 5 nitrogen and oxygen atoms in total. The van der Waals surface area contributed by atoms with Crippen molar-refractivity contribution in [1.29, 1.82) is 0 Å². The highest BCUT2D eigenvalue weighted by atomic mass is 16.7. The number of carbonyl (C=O) groups excluding carboxylic acids is 1. The minimum absolute atomic E-state index is 0.0486. The van der Waals surface area contributed by atoms with Gasteiger partial charge in [-0.1, -0.05) is 42.0 Å². The first kappa shape index (κ1) is 19.2. The van der Waals surface area contributed by atoms with E-state index in [9.17, 15) is 4.79 Å². The summed E-state index contributed by atoms with van der Waals surface area (Å²) in [6.07, 6.45) is 1.43. The Labute approximate surface area is 176 Å². The number of ether oxygens (including phenoxy) is 2. The molecule has 1 amide bonds. The van der Waals surface area contributed by atoms with E-state index in [1.165, 1.54) is 5.56 Å². The molecule has 2 saturated heterocycles. The van der Waals surface area contributed by atoms with Crippen molar-refractivity contribution < 1.29 is 14.3 Å². The average molecular weight is 402 g/mol. The summed E-state index contributed by atoms with van der Waals surface area (Å²) in [6, 6.07) is 16.2. The average Bonchev–Trinajstić information content (AvgIpc) is 3.21. The van der Waals surface area contributed by atoms with E-state index >= 15 is 0 Å². The van der Waals surface area contributed by atoms with Crippen LogP contribution in [-0.2, 0) is 9.47 Å². The smallest absolute Gasteiger partial charge is 0.254 e. The number of hydrogen-bond acceptors (Lipinski definition) is 4. The molecule has 1 aromatic heterocycles. The second kappa shape index (κ2) is 7.49. The highest BCUT2D eigenvalue weighted by Gasteiger charge is 2.41. The van der Waals surface area contributed by atoms with E-state index in [0.717, 1.165) is 27.7 Å². The number of para-hydroxylation sites is 1. The number of amides is 1. The van der Waals surface area contributed by atoms with Crippen LogP contribution in [0, 0.1) is 13.8 Å². The second-order valence-corrected chi connectivity index (χ2v) is 8.29. The van der Waals surface area contributed by atoms with Crippen molar-refractivity contribution in [2.75, 3.05) is 26.3 Å². The predicted octanol–water partition coefficient (Wildman–Crippen LogP) is 4.50. The lowest BCUT2D eigenvalue weighted by molar-refractivity contribution is -0.181. The van der Waals surface area contributed by atoms with Gasteiger partial charge in [0.25, 0.3) is 5.91 Å². The summed E-state index contributed by atoms with van der Waals surface area (Å²) in [5, 5.41) is 0.893. The Morgan fingerprint density at radius 2 is 1.73 bits per heavy atom. The molecule has 3 heterocycles. The van der Waals surface area contributed by atoms with Crippen LogP contribution >= 0.6 is 0 Å². The highest BCUT2D eigenvalue weighted by Crippen LogP contribution is 2.33. The SMILES string of the molecule is Cc1ccc(-c2cc(C(=O)N3CCC4(CC3)OCCO4)c3ccccc3n2)c(C)c1. The van der Waals surface area contributed by atoms with Crippen molar-refractivity contribution in [3.8, 4) is 11.3 Å². The number of pyridine rings is 1. The van der Waals surface area contributed by atoms with E-state index in [1.54, 1.807) is 0 Å². The Morgan fingerprint density at radius 3 is 2.47 bits per heavy atom. The number of hydrogen-bond donors (Lipinski definition) is 0. The molecule has 0 aliphatic carbocycles. The van der Waals surface area contributed by atoms with Crippen LogP contribution in [0.4, 0.5) is 0 Å². The summed E-state index contributed by atoms with van der Waals surface area (Å²) in [5.41, 5.74) is 5.82. The fourth-order valence-corrected chi connectivity index (χ4v) is 4.60. The van der Waals surface area contributed by atoms with E-state index in [4.69, 9.17) is 14.5 Å². The number of rotatable bonds is 2. The van der Waals surface area contributed by atoms with Crippen LogP contribution in [0.5, 0.6) is 0 Å². The van der Waals surface area contributed by atoms with Crippen LogP contribution in [0.3, 0.4) is 0 Å². The largest absolute Gasteiger partial charge is 0.347 e. The minimum atomic E-state index is -0.485. The number of aromatic nitrogens is 1. The molecule has 1 spiro atoms. The third kappa shape index (κ3) is 3.38. The van der Waals surface area contributed by atoms with Crippen LogP contribution in [0.15, 0.2) is 48.5 Å². The maximum Gasteiger partial charge on any atom is 0.254 e. The summed E-state index contributed by atoms with van der Waals surface area (Å²) in [7, 11) is 0. The van der Waals surface area contributed by atoms with Gasteiger partial charge >= 0.3 is 0 Å². The van der Waals surface area contributed by atoms with Gasteiger partial charge in [0, 0.05) is 36.9 Å². The van der Waals surface area contributed by atoms with Crippen LogP contribution in [0.25, 0.3) is 22.2 Å². The molecule has 0 N–H and O–H groups in total. The molecule has 2 fully saturated rings. The van der Waals surface area contributed by atoms with Gasteiger partial charge in [0.15, 0.2) is 5.79 Å². The van der Waals surface area contributed by atoms with E-state index in [1.807, 2.05) is 35.2 Å². The van der Waals surface area contributed by atoms with Crippen LogP contribution in [-0.4, -0.2) is 47.9 Å². The van der Waals surface area contributed by atoms with Crippen molar-refractivity contribution in [2.24, 2.45) is 0 Å². The quantitative estimate of drug-likeness (QED) is 0.633. The maximum absolute atomic E-state index is 13.6. The van der Waals surface area contributed by atoms with Gasteiger partial charge in [-0.2, -0.15) is 0 Å². The van der Waals surface area contributed by atoms with E-state index < -0.39 is 5.79 Å². The Bertz CT molecular complexity index is 1110. The van der Waals surface area contributed by atoms with E-state index in [-0.39, 0.29) is 5.91 Å². The summed E-state index contributed by atoms with van der Waals surface area (Å²) < 4.78 is 11.6. The molecule has 2 aromatic carbocycles. The molecular weight excluding hydrogens is 376 g/mol. The number of piperidine rings is 1. The molecule has 3 aromatic rings. The monoisotopic (exact) mass is 402 g/mol. The number of aryl methyl sites for hydroxylation is 2. The first-order valence-electron chi connectivity index (χ1n) is 10.6. The fourth-order valence-electron chi connectivity index (χ4n) is 4.60. The third-order valence-electron chi connectivity index (χ3n) is 6.23. The molecule has 0 atom stereocenters. The Hall–Kier alpha value is -2.76. The third-order valence-corrected chi connectivity index (χ3v) is 6.23. The molecule has 0 bridgehead atoms. The van der Waals surface area contributed by atoms with Gasteiger partial charge in [-0.15, -0.1) is 0 Å². The normalized spacial score (nSPS) is 18.3. The number of nitrogens with zero attached hydrogens (tertiary/aromatic N) is 2. The first-order valence-corrected chi connectivity index (χ1v) is 10.6. The molecular formula is C25H26N2O3. The van der Waals surface area contributed by atoms with Crippen molar-refractivity contribution in [2.45, 2.75) is 32.5 Å². The standard InChI is InChI=1S/C25H26N2O3/c1-17-7-8-19(18(2)15-17)23-16-21(20-5-3-4-6-22(20)26-23)24(28)27-11-9-25(10-12-27)29-13-14-30-25/h3-8,15-16H,9-14H2,1-2H3. The van der Waals surface area contributed by atoms with E-state index in [0.29, 0.717) is 44.7 Å². The van der Waals surface area contributed by atoms with Gasteiger partial charge in [-0.25, -0.2) is 4.98 Å². The summed E-state index contributed by atoms with van der Waals surface area (Å²) in [6.45, 7) is 6.72. The lowest BCUT2D eigenvalue weighted by atomic mass is 9.98. The molecule has 154 valence electrons. The van der Waals surface area contributed by atoms with Gasteiger partial charge in [-0.3, -0.25) is 4.79 Å². The summed E-state index contributed by atoms with van der Waals surface area (Å²) >= 11 is 0. The van der Waals surface area contributed by atoms with Gasteiger partial charge in [0.1, 0.15) is 0 Å². The van der Waals surface area contributed by atoms with Gasteiger partial charge in [0.05, 0.1) is 30.0 Å². The van der Waals surface area contributed by atoms with Crippen LogP contribution in [0.2, 0.25) is 0 Å². The Morgan fingerprint density at radius 1 is 1.00 bits per heavy atom. The summed E-state index contributed by atoms with van der Waals surface area (Å²) in [4.78, 5) is 20.3. The fraction of sp³-hybridized carbons (Fsp3) is 0.360. The van der Waals surface area contributed by atoms with E-state index in [2.05, 4.69) is 32.0 Å². The molecule has 30 heavy (non-hydrogen) atoms. The predicted molar refractivity (Wildman–Crippen MR) is 116 cm³/mol. The molecule has 2 aliphatic heterocycles. The van der Waals surface area contributed by atoms with Crippen molar-refractivity contribution in [3.63, 3.8) is 0 Å². The molecule has 2 aliphatic rings. The van der Waals surface area contributed by atoms with Crippen LogP contribution in [0.1, 0.15) is 34.3 Å². The Balaban J connectivity index is 1.52. The lowest BCUT2D eigenvalue weighted by Gasteiger charge is -2.37. The molecule has 5 rings (SSSR count). The number of likely N-dealkylation sites (tertiary alicyclic amines) is 1. The zero-order chi connectivity index (χ0) is 20.7. The number of fused-ring (bicyclic) bond motifs is 1. The van der Waals surface area contributed by atoms with Crippen molar-refractivity contribution in [3.05, 3.63) is 65.2 Å². The lowest BCUT2D eigenvalue weighted by Crippen LogP contribution is -2.47. The van der Waals surface area contributed by atoms with Gasteiger partial charge in [-0.05, 0) is 31.5 Å². The highest BCUT2D eigenvalue weighted by molar-refractivity contribution is 6.07. The topological polar surface area (TPSA) is 51.7 Å².